The zero-order chi connectivity index (χ0) is 13.5. The summed E-state index contributed by atoms with van der Waals surface area (Å²) in [7, 11) is 1.62. The van der Waals surface area contributed by atoms with Crippen LogP contribution < -0.4 is 4.74 Å². The summed E-state index contributed by atoms with van der Waals surface area (Å²) in [4.78, 5) is 0. The van der Waals surface area contributed by atoms with E-state index in [1.54, 1.807) is 19.2 Å². The minimum Gasteiger partial charge on any atom is -0.497 e. The van der Waals surface area contributed by atoms with Crippen LogP contribution >= 0.6 is 0 Å². The van der Waals surface area contributed by atoms with Crippen molar-refractivity contribution in [3.05, 3.63) is 65.5 Å². The molecule has 0 radical (unpaired) electrons. The third kappa shape index (κ3) is 3.91. The summed E-state index contributed by atoms with van der Waals surface area (Å²) in [5.41, 5.74) is 1.61. The second-order valence-corrected chi connectivity index (χ2v) is 3.74. The third-order valence-electron chi connectivity index (χ3n) is 2.41. The maximum atomic E-state index is 12.7. The molecule has 0 aliphatic carbocycles. The number of hydrogen-bond donors (Lipinski definition) is 0. The van der Waals surface area contributed by atoms with E-state index in [2.05, 4.69) is 23.7 Å². The van der Waals surface area contributed by atoms with Gasteiger partial charge < -0.3 is 4.74 Å². The second-order valence-electron chi connectivity index (χ2n) is 3.74. The van der Waals surface area contributed by atoms with Crippen molar-refractivity contribution >= 4 is 0 Å². The molecule has 0 saturated heterocycles. The zero-order valence-electron chi connectivity index (χ0n) is 10.4. The summed E-state index contributed by atoms with van der Waals surface area (Å²) < 4.78 is 17.7. The van der Waals surface area contributed by atoms with Crippen LogP contribution in [-0.4, -0.2) is 7.11 Å². The average molecular weight is 250 g/mol. The molecule has 2 aromatic carbocycles. The molecule has 0 heterocycles. The summed E-state index contributed by atoms with van der Waals surface area (Å²) >= 11 is 0. The molecule has 2 aromatic rings. The molecule has 0 bridgehead atoms. The molecular weight excluding hydrogens is 239 g/mol. The number of ether oxygens (including phenoxy) is 1. The van der Waals surface area contributed by atoms with Crippen molar-refractivity contribution in [2.75, 3.05) is 7.11 Å². The predicted octanol–water partition coefficient (Wildman–Crippen LogP) is 3.24. The van der Waals surface area contributed by atoms with Gasteiger partial charge in [0.2, 0.25) is 0 Å². The molecule has 2 heteroatoms. The van der Waals surface area contributed by atoms with Crippen LogP contribution in [0, 0.1) is 29.5 Å². The maximum absolute atomic E-state index is 12.7. The van der Waals surface area contributed by atoms with Crippen LogP contribution in [0.15, 0.2) is 48.5 Å². The van der Waals surface area contributed by atoms with Gasteiger partial charge in [-0.25, -0.2) is 4.39 Å². The van der Waals surface area contributed by atoms with Crippen molar-refractivity contribution in [1.29, 1.82) is 0 Å². The van der Waals surface area contributed by atoms with Gasteiger partial charge in [0.1, 0.15) is 11.6 Å². The lowest BCUT2D eigenvalue weighted by Gasteiger charge is -1.96. The Morgan fingerprint density at radius 3 is 1.74 bits per heavy atom. The van der Waals surface area contributed by atoms with Crippen molar-refractivity contribution < 1.29 is 9.13 Å². The first-order valence-corrected chi connectivity index (χ1v) is 5.69. The maximum Gasteiger partial charge on any atom is 0.123 e. The summed E-state index contributed by atoms with van der Waals surface area (Å²) in [5.74, 6) is 11.8. The van der Waals surface area contributed by atoms with Crippen LogP contribution in [0.25, 0.3) is 0 Å². The van der Waals surface area contributed by atoms with Gasteiger partial charge in [0.25, 0.3) is 0 Å². The zero-order valence-corrected chi connectivity index (χ0v) is 10.4. The Balaban J connectivity index is 2.06. The number of benzene rings is 2. The van der Waals surface area contributed by atoms with E-state index < -0.39 is 0 Å². The molecule has 1 nitrogen and oxygen atoms in total. The van der Waals surface area contributed by atoms with E-state index in [4.69, 9.17) is 4.74 Å². The van der Waals surface area contributed by atoms with E-state index in [0.717, 1.165) is 16.9 Å². The van der Waals surface area contributed by atoms with Gasteiger partial charge in [0.05, 0.1) is 7.11 Å². The van der Waals surface area contributed by atoms with Gasteiger partial charge in [0.15, 0.2) is 0 Å². The molecule has 0 spiro atoms. The van der Waals surface area contributed by atoms with Crippen LogP contribution in [-0.2, 0) is 0 Å². The van der Waals surface area contributed by atoms with Gasteiger partial charge in [-0.05, 0) is 60.4 Å². The molecule has 2 rings (SSSR count). The van der Waals surface area contributed by atoms with Gasteiger partial charge in [-0.15, -0.1) is 0 Å². The standard InChI is InChI=1S/C17H11FO/c1-19-17-12-8-15(9-13-17)5-3-2-4-14-6-10-16(18)11-7-14/h6-13H,1H3. The molecular formula is C17H11FO. The van der Waals surface area contributed by atoms with Crippen LogP contribution in [0.3, 0.4) is 0 Å². The number of methoxy groups -OCH3 is 1. The number of hydrogen-bond acceptors (Lipinski definition) is 1. The minimum absolute atomic E-state index is 0.269. The van der Waals surface area contributed by atoms with Crippen molar-refractivity contribution in [2.45, 2.75) is 0 Å². The molecule has 0 amide bonds. The lowest BCUT2D eigenvalue weighted by Crippen LogP contribution is -1.81. The first-order valence-electron chi connectivity index (χ1n) is 5.69. The molecule has 0 atom stereocenters. The highest BCUT2D eigenvalue weighted by molar-refractivity contribution is 5.45. The summed E-state index contributed by atoms with van der Waals surface area (Å²) in [5, 5.41) is 0. The number of rotatable bonds is 1. The first kappa shape index (κ1) is 12.7. The third-order valence-corrected chi connectivity index (χ3v) is 2.41. The van der Waals surface area contributed by atoms with Crippen molar-refractivity contribution in [3.8, 4) is 29.4 Å². The molecule has 0 aliphatic heterocycles. The normalized spacial score (nSPS) is 8.74. The van der Waals surface area contributed by atoms with Gasteiger partial charge in [0, 0.05) is 11.1 Å². The fourth-order valence-electron chi connectivity index (χ4n) is 1.41. The summed E-state index contributed by atoms with van der Waals surface area (Å²) in [6.45, 7) is 0. The Morgan fingerprint density at radius 2 is 1.26 bits per heavy atom. The Kier molecular flexibility index (Phi) is 4.21. The summed E-state index contributed by atoms with van der Waals surface area (Å²) in [6.07, 6.45) is 0. The largest absolute Gasteiger partial charge is 0.497 e. The van der Waals surface area contributed by atoms with Gasteiger partial charge in [-0.1, -0.05) is 11.8 Å². The van der Waals surface area contributed by atoms with Gasteiger partial charge >= 0.3 is 0 Å². The molecule has 0 unspecified atom stereocenters. The van der Waals surface area contributed by atoms with E-state index >= 15 is 0 Å². The number of halogens is 1. The fraction of sp³-hybridized carbons (Fsp3) is 0.0588. The van der Waals surface area contributed by atoms with Crippen molar-refractivity contribution in [3.63, 3.8) is 0 Å². The Hall–Kier alpha value is -2.71. The second kappa shape index (κ2) is 6.28. The SMILES string of the molecule is COc1ccc(C#CC#Cc2ccc(F)cc2)cc1. The Morgan fingerprint density at radius 1 is 0.789 bits per heavy atom. The molecule has 0 N–H and O–H groups in total. The van der Waals surface area contributed by atoms with Crippen LogP contribution in [0.2, 0.25) is 0 Å². The topological polar surface area (TPSA) is 9.23 Å². The van der Waals surface area contributed by atoms with E-state index in [1.807, 2.05) is 24.3 Å². The molecule has 0 fully saturated rings. The van der Waals surface area contributed by atoms with Crippen molar-refractivity contribution in [1.82, 2.24) is 0 Å². The van der Waals surface area contributed by atoms with E-state index in [1.165, 1.54) is 12.1 Å². The molecule has 19 heavy (non-hydrogen) atoms. The van der Waals surface area contributed by atoms with E-state index in [9.17, 15) is 4.39 Å². The Bertz CT molecular complexity index is 662. The first-order chi connectivity index (χ1) is 9.28. The lowest BCUT2D eigenvalue weighted by atomic mass is 10.2. The molecule has 0 saturated carbocycles. The molecule has 0 aromatic heterocycles. The van der Waals surface area contributed by atoms with Crippen LogP contribution in [0.5, 0.6) is 5.75 Å². The predicted molar refractivity (Wildman–Crippen MR) is 73.2 cm³/mol. The highest BCUT2D eigenvalue weighted by atomic mass is 19.1. The monoisotopic (exact) mass is 250 g/mol. The van der Waals surface area contributed by atoms with Crippen LogP contribution in [0.1, 0.15) is 11.1 Å². The Labute approximate surface area is 112 Å². The van der Waals surface area contributed by atoms with E-state index in [0.29, 0.717) is 0 Å². The fourth-order valence-corrected chi connectivity index (χ4v) is 1.41. The highest BCUT2D eigenvalue weighted by Gasteiger charge is 1.89. The van der Waals surface area contributed by atoms with Gasteiger partial charge in [-0.2, -0.15) is 0 Å². The molecule has 92 valence electrons. The lowest BCUT2D eigenvalue weighted by molar-refractivity contribution is 0.415. The van der Waals surface area contributed by atoms with Crippen LogP contribution in [0.4, 0.5) is 4.39 Å². The summed E-state index contributed by atoms with van der Waals surface area (Å²) in [6, 6.07) is 13.4. The molecule has 0 aliphatic rings. The van der Waals surface area contributed by atoms with Gasteiger partial charge in [-0.3, -0.25) is 0 Å². The van der Waals surface area contributed by atoms with E-state index in [-0.39, 0.29) is 5.82 Å². The minimum atomic E-state index is -0.269. The highest BCUT2D eigenvalue weighted by Crippen LogP contribution is 2.09. The smallest absolute Gasteiger partial charge is 0.123 e. The quantitative estimate of drug-likeness (QED) is 0.706. The average Bonchev–Trinajstić information content (AvgIpc) is 2.46. The van der Waals surface area contributed by atoms with Crippen molar-refractivity contribution in [2.24, 2.45) is 0 Å².